The van der Waals surface area contributed by atoms with Crippen molar-refractivity contribution in [2.45, 2.75) is 45.7 Å². The SMILES string of the molecule is COC(=O)C(C)NCc1ccc(C(C)(C)C)cc1. The van der Waals surface area contributed by atoms with Crippen molar-refractivity contribution >= 4 is 5.97 Å². The minimum absolute atomic E-state index is 0.172. The minimum atomic E-state index is -0.280. The van der Waals surface area contributed by atoms with Crippen LogP contribution < -0.4 is 5.32 Å². The van der Waals surface area contributed by atoms with Crippen LogP contribution in [0.3, 0.4) is 0 Å². The molecule has 1 unspecified atom stereocenters. The summed E-state index contributed by atoms with van der Waals surface area (Å²) in [4.78, 5) is 11.2. The number of hydrogen-bond acceptors (Lipinski definition) is 3. The van der Waals surface area contributed by atoms with Crippen molar-refractivity contribution in [2.75, 3.05) is 7.11 Å². The minimum Gasteiger partial charge on any atom is -0.468 e. The third-order valence-electron chi connectivity index (χ3n) is 2.99. The number of ether oxygens (including phenoxy) is 1. The molecule has 0 saturated heterocycles. The quantitative estimate of drug-likeness (QED) is 0.834. The number of benzene rings is 1. The highest BCUT2D eigenvalue weighted by Gasteiger charge is 2.14. The summed E-state index contributed by atoms with van der Waals surface area (Å²) in [6.07, 6.45) is 0. The van der Waals surface area contributed by atoms with Gasteiger partial charge in [0.2, 0.25) is 0 Å². The first kappa shape index (κ1) is 14.7. The van der Waals surface area contributed by atoms with E-state index in [1.165, 1.54) is 18.2 Å². The van der Waals surface area contributed by atoms with Crippen molar-refractivity contribution in [1.29, 1.82) is 0 Å². The van der Waals surface area contributed by atoms with Crippen LogP contribution in [0.1, 0.15) is 38.8 Å². The molecule has 0 aromatic heterocycles. The van der Waals surface area contributed by atoms with E-state index in [-0.39, 0.29) is 17.4 Å². The molecule has 1 N–H and O–H groups in total. The fraction of sp³-hybridized carbons (Fsp3) is 0.533. The van der Waals surface area contributed by atoms with Gasteiger partial charge in [-0.3, -0.25) is 4.79 Å². The Balaban J connectivity index is 2.57. The molecule has 1 rings (SSSR count). The first-order valence-electron chi connectivity index (χ1n) is 6.25. The molecule has 18 heavy (non-hydrogen) atoms. The van der Waals surface area contributed by atoms with E-state index in [9.17, 15) is 4.79 Å². The van der Waals surface area contributed by atoms with Gasteiger partial charge in [-0.25, -0.2) is 0 Å². The van der Waals surface area contributed by atoms with Crippen molar-refractivity contribution in [3.05, 3.63) is 35.4 Å². The summed E-state index contributed by atoms with van der Waals surface area (Å²) >= 11 is 0. The standard InChI is InChI=1S/C15H23NO2/c1-11(14(17)18-5)16-10-12-6-8-13(9-7-12)15(2,3)4/h6-9,11,16H,10H2,1-5H3. The molecule has 0 saturated carbocycles. The van der Waals surface area contributed by atoms with Crippen molar-refractivity contribution in [3.63, 3.8) is 0 Å². The number of methoxy groups -OCH3 is 1. The maximum Gasteiger partial charge on any atom is 0.322 e. The molecular formula is C15H23NO2. The van der Waals surface area contributed by atoms with E-state index >= 15 is 0 Å². The number of carbonyl (C=O) groups excluding carboxylic acids is 1. The van der Waals surface area contributed by atoms with Gasteiger partial charge in [-0.15, -0.1) is 0 Å². The highest BCUT2D eigenvalue weighted by Crippen LogP contribution is 2.22. The summed E-state index contributed by atoms with van der Waals surface area (Å²) in [6, 6.07) is 8.19. The molecule has 0 radical (unpaired) electrons. The van der Waals surface area contributed by atoms with Crippen LogP contribution in [0, 0.1) is 0 Å². The highest BCUT2D eigenvalue weighted by atomic mass is 16.5. The number of rotatable bonds is 4. The number of hydrogen-bond donors (Lipinski definition) is 1. The largest absolute Gasteiger partial charge is 0.468 e. The van der Waals surface area contributed by atoms with E-state index in [2.05, 4.69) is 55.1 Å². The van der Waals surface area contributed by atoms with E-state index < -0.39 is 0 Å². The summed E-state index contributed by atoms with van der Waals surface area (Å²) < 4.78 is 4.66. The van der Waals surface area contributed by atoms with Gasteiger partial charge < -0.3 is 10.1 Å². The molecule has 0 aliphatic carbocycles. The van der Waals surface area contributed by atoms with Crippen LogP contribution in [0.5, 0.6) is 0 Å². The Kier molecular flexibility index (Phi) is 4.91. The average Bonchev–Trinajstić information content (AvgIpc) is 2.34. The monoisotopic (exact) mass is 249 g/mol. The lowest BCUT2D eigenvalue weighted by Gasteiger charge is -2.19. The first-order chi connectivity index (χ1) is 8.34. The predicted molar refractivity (Wildman–Crippen MR) is 73.5 cm³/mol. The summed E-state index contributed by atoms with van der Waals surface area (Å²) in [7, 11) is 1.40. The van der Waals surface area contributed by atoms with Crippen LogP contribution in [0.2, 0.25) is 0 Å². The average molecular weight is 249 g/mol. The molecule has 1 atom stereocenters. The molecular weight excluding hydrogens is 226 g/mol. The van der Waals surface area contributed by atoms with Gasteiger partial charge in [0.25, 0.3) is 0 Å². The van der Waals surface area contributed by atoms with Gasteiger partial charge in [0.05, 0.1) is 7.11 Å². The van der Waals surface area contributed by atoms with E-state index in [1.807, 2.05) is 0 Å². The zero-order valence-electron chi connectivity index (χ0n) is 11.9. The van der Waals surface area contributed by atoms with Crippen molar-refractivity contribution in [3.8, 4) is 0 Å². The number of esters is 1. The van der Waals surface area contributed by atoms with E-state index in [0.29, 0.717) is 6.54 Å². The van der Waals surface area contributed by atoms with Crippen molar-refractivity contribution < 1.29 is 9.53 Å². The molecule has 100 valence electrons. The lowest BCUT2D eigenvalue weighted by Crippen LogP contribution is -2.34. The van der Waals surface area contributed by atoms with Crippen LogP contribution >= 0.6 is 0 Å². The molecule has 3 nitrogen and oxygen atoms in total. The Morgan fingerprint density at radius 3 is 2.28 bits per heavy atom. The molecule has 0 aliphatic heterocycles. The maximum absolute atomic E-state index is 11.2. The van der Waals surface area contributed by atoms with Gasteiger partial charge in [0.1, 0.15) is 6.04 Å². The fourth-order valence-electron chi connectivity index (χ4n) is 1.65. The van der Waals surface area contributed by atoms with Gasteiger partial charge in [-0.1, -0.05) is 45.0 Å². The van der Waals surface area contributed by atoms with Gasteiger partial charge in [0, 0.05) is 6.54 Å². The van der Waals surface area contributed by atoms with E-state index in [4.69, 9.17) is 0 Å². The normalized spacial score (nSPS) is 13.2. The lowest BCUT2D eigenvalue weighted by atomic mass is 9.87. The van der Waals surface area contributed by atoms with Gasteiger partial charge in [-0.05, 0) is 23.5 Å². The highest BCUT2D eigenvalue weighted by molar-refractivity contribution is 5.75. The predicted octanol–water partition coefficient (Wildman–Crippen LogP) is 2.64. The Labute approximate surface area is 110 Å². The topological polar surface area (TPSA) is 38.3 Å². The smallest absolute Gasteiger partial charge is 0.322 e. The van der Waals surface area contributed by atoms with Gasteiger partial charge in [-0.2, -0.15) is 0 Å². The third-order valence-corrected chi connectivity index (χ3v) is 2.99. The summed E-state index contributed by atoms with van der Waals surface area (Å²) in [5.41, 5.74) is 2.65. The molecule has 0 fully saturated rings. The fourth-order valence-corrected chi connectivity index (χ4v) is 1.65. The second-order valence-corrected chi connectivity index (χ2v) is 5.57. The second kappa shape index (κ2) is 6.01. The summed E-state index contributed by atoms with van der Waals surface area (Å²) in [5.74, 6) is -0.235. The van der Waals surface area contributed by atoms with Crippen LogP contribution in [-0.2, 0) is 21.5 Å². The first-order valence-corrected chi connectivity index (χ1v) is 6.25. The molecule has 0 aliphatic rings. The summed E-state index contributed by atoms with van der Waals surface area (Å²) in [6.45, 7) is 9.05. The van der Waals surface area contributed by atoms with Crippen LogP contribution in [-0.4, -0.2) is 19.1 Å². The van der Waals surface area contributed by atoms with Crippen molar-refractivity contribution in [1.82, 2.24) is 5.32 Å². The third kappa shape index (κ3) is 4.15. The number of nitrogens with one attached hydrogen (secondary N) is 1. The molecule has 0 heterocycles. The zero-order valence-corrected chi connectivity index (χ0v) is 11.9. The molecule has 1 aromatic rings. The Morgan fingerprint density at radius 1 is 1.28 bits per heavy atom. The van der Waals surface area contributed by atoms with Crippen LogP contribution in [0.25, 0.3) is 0 Å². The lowest BCUT2D eigenvalue weighted by molar-refractivity contribution is -0.142. The molecule has 0 bridgehead atoms. The van der Waals surface area contributed by atoms with Crippen LogP contribution in [0.4, 0.5) is 0 Å². The second-order valence-electron chi connectivity index (χ2n) is 5.57. The van der Waals surface area contributed by atoms with Gasteiger partial charge >= 0.3 is 5.97 Å². The molecule has 0 spiro atoms. The summed E-state index contributed by atoms with van der Waals surface area (Å²) in [5, 5.41) is 3.13. The molecule has 1 aromatic carbocycles. The Morgan fingerprint density at radius 2 is 1.83 bits per heavy atom. The zero-order chi connectivity index (χ0) is 13.8. The van der Waals surface area contributed by atoms with Gasteiger partial charge in [0.15, 0.2) is 0 Å². The van der Waals surface area contributed by atoms with Crippen LogP contribution in [0.15, 0.2) is 24.3 Å². The van der Waals surface area contributed by atoms with Crippen molar-refractivity contribution in [2.24, 2.45) is 0 Å². The Hall–Kier alpha value is -1.35. The molecule has 3 heteroatoms. The molecule has 0 amide bonds. The van der Waals surface area contributed by atoms with E-state index in [0.717, 1.165) is 0 Å². The maximum atomic E-state index is 11.2. The number of carbonyl (C=O) groups is 1. The Bertz CT molecular complexity index is 390. The van der Waals surface area contributed by atoms with E-state index in [1.54, 1.807) is 6.92 Å².